The van der Waals surface area contributed by atoms with Gasteiger partial charge in [0.15, 0.2) is 6.10 Å². The summed E-state index contributed by atoms with van der Waals surface area (Å²) in [6, 6.07) is 12.5. The molecule has 7 nitrogen and oxygen atoms in total. The van der Waals surface area contributed by atoms with Crippen molar-refractivity contribution in [2.75, 3.05) is 17.9 Å². The van der Waals surface area contributed by atoms with Gasteiger partial charge in [0.05, 0.1) is 16.1 Å². The monoisotopic (exact) mass is 418 g/mol. The number of rotatable bonds is 8. The number of sulfonamides is 1. The summed E-state index contributed by atoms with van der Waals surface area (Å²) in [6.07, 6.45) is -0.134. The Morgan fingerprint density at radius 1 is 1.07 bits per heavy atom. The van der Waals surface area contributed by atoms with Gasteiger partial charge in [0.2, 0.25) is 0 Å². The van der Waals surface area contributed by atoms with Crippen LogP contribution in [0.25, 0.3) is 0 Å². The Balaban J connectivity index is 2.10. The second kappa shape index (κ2) is 9.56. The van der Waals surface area contributed by atoms with Crippen LogP contribution in [0.5, 0.6) is 0 Å². The third-order valence-corrected chi connectivity index (χ3v) is 6.15. The fraction of sp³-hybridized carbons (Fsp3) is 0.333. The Hall–Kier alpha value is -2.87. The first-order chi connectivity index (χ1) is 13.7. The number of esters is 1. The van der Waals surface area contributed by atoms with Gasteiger partial charge in [0.25, 0.3) is 15.9 Å². The van der Waals surface area contributed by atoms with Crippen LogP contribution in [0.2, 0.25) is 0 Å². The lowest BCUT2D eigenvalue weighted by Crippen LogP contribution is -2.36. The van der Waals surface area contributed by atoms with Crippen LogP contribution in [-0.2, 0) is 19.6 Å². The maximum absolute atomic E-state index is 12.8. The molecule has 0 aliphatic heterocycles. The van der Waals surface area contributed by atoms with Crippen molar-refractivity contribution in [3.63, 3.8) is 0 Å². The van der Waals surface area contributed by atoms with Crippen molar-refractivity contribution in [3.8, 4) is 0 Å². The zero-order valence-corrected chi connectivity index (χ0v) is 17.8. The lowest BCUT2D eigenvalue weighted by atomic mass is 10.2. The predicted molar refractivity (Wildman–Crippen MR) is 111 cm³/mol. The van der Waals surface area contributed by atoms with Gasteiger partial charge in [-0.05, 0) is 56.7 Å². The molecule has 1 N–H and O–H groups in total. The van der Waals surface area contributed by atoms with Gasteiger partial charge < -0.3 is 10.1 Å². The molecule has 0 heterocycles. The number of benzene rings is 2. The summed E-state index contributed by atoms with van der Waals surface area (Å²) >= 11 is 0. The van der Waals surface area contributed by atoms with E-state index in [9.17, 15) is 18.0 Å². The average Bonchev–Trinajstić information content (AvgIpc) is 2.71. The molecule has 0 spiro atoms. The third-order valence-electron chi connectivity index (χ3n) is 4.35. The highest BCUT2D eigenvalue weighted by molar-refractivity contribution is 7.92. The highest BCUT2D eigenvalue weighted by atomic mass is 32.2. The highest BCUT2D eigenvalue weighted by Crippen LogP contribution is 2.23. The minimum absolute atomic E-state index is 0.181. The van der Waals surface area contributed by atoms with E-state index >= 15 is 0 Å². The molecule has 0 aliphatic carbocycles. The molecule has 0 radical (unpaired) electrons. The molecule has 0 fully saturated rings. The fourth-order valence-corrected chi connectivity index (χ4v) is 3.68. The molecule has 0 unspecified atom stereocenters. The van der Waals surface area contributed by atoms with Crippen LogP contribution in [-0.4, -0.2) is 40.0 Å². The Kier molecular flexibility index (Phi) is 7.39. The van der Waals surface area contributed by atoms with E-state index in [2.05, 4.69) is 5.32 Å². The van der Waals surface area contributed by atoms with Gasteiger partial charge in [0, 0.05) is 13.6 Å². The van der Waals surface area contributed by atoms with Crippen molar-refractivity contribution in [1.29, 1.82) is 0 Å². The number of hydrogen-bond acceptors (Lipinski definition) is 5. The Bertz CT molecular complexity index is 954. The third kappa shape index (κ3) is 5.57. The zero-order chi connectivity index (χ0) is 21.6. The highest BCUT2D eigenvalue weighted by Gasteiger charge is 2.22. The van der Waals surface area contributed by atoms with Gasteiger partial charge in [-0.1, -0.05) is 24.6 Å². The van der Waals surface area contributed by atoms with Crippen molar-refractivity contribution in [2.24, 2.45) is 0 Å². The molecule has 0 bridgehead atoms. The predicted octanol–water partition coefficient (Wildman–Crippen LogP) is 2.89. The summed E-state index contributed by atoms with van der Waals surface area (Å²) in [5, 5.41) is 2.66. The van der Waals surface area contributed by atoms with Crippen molar-refractivity contribution < 1.29 is 22.7 Å². The summed E-state index contributed by atoms with van der Waals surface area (Å²) in [4.78, 5) is 24.2. The molecule has 156 valence electrons. The smallest absolute Gasteiger partial charge is 0.338 e. The van der Waals surface area contributed by atoms with Crippen LogP contribution in [0.15, 0.2) is 53.4 Å². The van der Waals surface area contributed by atoms with E-state index in [-0.39, 0.29) is 16.4 Å². The lowest BCUT2D eigenvalue weighted by molar-refractivity contribution is -0.129. The fourth-order valence-electron chi connectivity index (χ4n) is 2.49. The number of nitrogens with zero attached hydrogens (tertiary/aromatic N) is 1. The molecular formula is C21H26N2O5S. The van der Waals surface area contributed by atoms with E-state index in [0.717, 1.165) is 16.3 Å². The van der Waals surface area contributed by atoms with Crippen LogP contribution in [0, 0.1) is 6.92 Å². The second-order valence-corrected chi connectivity index (χ2v) is 8.64. The van der Waals surface area contributed by atoms with Crippen LogP contribution in [0.1, 0.15) is 36.2 Å². The van der Waals surface area contributed by atoms with Gasteiger partial charge in [-0.25, -0.2) is 13.2 Å². The van der Waals surface area contributed by atoms with E-state index < -0.39 is 22.1 Å². The largest absolute Gasteiger partial charge is 0.449 e. The number of nitrogens with one attached hydrogen (secondary N) is 1. The van der Waals surface area contributed by atoms with Gasteiger partial charge in [-0.3, -0.25) is 9.10 Å². The van der Waals surface area contributed by atoms with E-state index in [4.69, 9.17) is 4.74 Å². The van der Waals surface area contributed by atoms with Gasteiger partial charge >= 0.3 is 5.97 Å². The van der Waals surface area contributed by atoms with Gasteiger partial charge in [0.1, 0.15) is 0 Å². The normalized spacial score (nSPS) is 12.1. The standard InChI is InChI=1S/C21H26N2O5S/c1-5-14-22-20(24)16(3)28-21(25)17-8-10-18(11-9-17)23(4)29(26,27)19-12-6-15(2)7-13-19/h6-13,16H,5,14H2,1-4H3,(H,22,24)/t16-/m0/s1. The van der Waals surface area contributed by atoms with E-state index in [1.54, 1.807) is 24.3 Å². The quantitative estimate of drug-likeness (QED) is 0.666. The van der Waals surface area contributed by atoms with Crippen LogP contribution < -0.4 is 9.62 Å². The van der Waals surface area contributed by atoms with Crippen molar-refractivity contribution in [2.45, 2.75) is 38.2 Å². The zero-order valence-electron chi connectivity index (χ0n) is 17.0. The average molecular weight is 419 g/mol. The van der Waals surface area contributed by atoms with Crippen molar-refractivity contribution in [3.05, 3.63) is 59.7 Å². The van der Waals surface area contributed by atoms with Crippen LogP contribution in [0.3, 0.4) is 0 Å². The first kappa shape index (κ1) is 22.4. The molecular weight excluding hydrogens is 392 g/mol. The molecule has 2 aromatic carbocycles. The Labute approximate surface area is 171 Å². The van der Waals surface area contributed by atoms with Crippen molar-refractivity contribution in [1.82, 2.24) is 5.32 Å². The van der Waals surface area contributed by atoms with E-state index in [0.29, 0.717) is 12.2 Å². The number of ether oxygens (including phenoxy) is 1. The maximum atomic E-state index is 12.8. The number of aryl methyl sites for hydroxylation is 1. The topological polar surface area (TPSA) is 92.8 Å². The van der Waals surface area contributed by atoms with E-state index in [1.165, 1.54) is 38.2 Å². The summed E-state index contributed by atoms with van der Waals surface area (Å²) in [5.41, 5.74) is 1.59. The summed E-state index contributed by atoms with van der Waals surface area (Å²) < 4.78 is 31.8. The molecule has 0 aliphatic rings. The molecule has 8 heteroatoms. The van der Waals surface area contributed by atoms with E-state index in [1.807, 2.05) is 13.8 Å². The minimum atomic E-state index is -3.72. The molecule has 0 saturated carbocycles. The number of hydrogen-bond donors (Lipinski definition) is 1. The Morgan fingerprint density at radius 3 is 2.21 bits per heavy atom. The Morgan fingerprint density at radius 2 is 1.66 bits per heavy atom. The first-order valence-corrected chi connectivity index (χ1v) is 10.7. The summed E-state index contributed by atoms with van der Waals surface area (Å²) in [6.45, 7) is 5.82. The molecule has 1 amide bonds. The van der Waals surface area contributed by atoms with Crippen LogP contribution >= 0.6 is 0 Å². The SMILES string of the molecule is CCCNC(=O)[C@H](C)OC(=O)c1ccc(N(C)S(=O)(=O)c2ccc(C)cc2)cc1. The molecule has 2 aromatic rings. The maximum Gasteiger partial charge on any atom is 0.338 e. The number of carbonyl (C=O) groups is 2. The molecule has 2 rings (SSSR count). The van der Waals surface area contributed by atoms with Crippen LogP contribution in [0.4, 0.5) is 5.69 Å². The second-order valence-electron chi connectivity index (χ2n) is 6.67. The summed E-state index contributed by atoms with van der Waals surface area (Å²) in [5.74, 6) is -1.01. The molecule has 0 saturated heterocycles. The number of carbonyl (C=O) groups excluding carboxylic acids is 2. The van der Waals surface area contributed by atoms with Gasteiger partial charge in [-0.15, -0.1) is 0 Å². The van der Waals surface area contributed by atoms with Gasteiger partial charge in [-0.2, -0.15) is 0 Å². The molecule has 0 aromatic heterocycles. The molecule has 29 heavy (non-hydrogen) atoms. The summed E-state index contributed by atoms with van der Waals surface area (Å²) in [7, 11) is -2.27. The lowest BCUT2D eigenvalue weighted by Gasteiger charge is -2.20. The molecule has 1 atom stereocenters. The van der Waals surface area contributed by atoms with Crippen molar-refractivity contribution >= 4 is 27.6 Å². The minimum Gasteiger partial charge on any atom is -0.449 e. The number of anilines is 1. The first-order valence-electron chi connectivity index (χ1n) is 9.31. The number of amides is 1.